The Bertz CT molecular complexity index is 2450. The van der Waals surface area contributed by atoms with E-state index in [1.54, 1.807) is 0 Å². The Morgan fingerprint density at radius 1 is 0.742 bits per heavy atom. The first-order valence-electron chi connectivity index (χ1n) is 18.8. The number of aliphatic carboxylic acids is 2. The number of aromatic amines is 2. The van der Waals surface area contributed by atoms with Gasteiger partial charge in [0, 0.05) is 50.1 Å². The second-order valence-corrected chi connectivity index (χ2v) is 20.3. The predicted molar refractivity (Wildman–Crippen MR) is 207 cm³/mol. The van der Waals surface area contributed by atoms with Crippen LogP contribution in [-0.2, 0) is 65.4 Å². The van der Waals surface area contributed by atoms with Crippen LogP contribution in [0.15, 0.2) is 43.7 Å². The molecular formula is C32H45N6O25P3-4. The van der Waals surface area contributed by atoms with Gasteiger partial charge in [-0.2, -0.15) is 0 Å². The predicted octanol–water partition coefficient (Wildman–Crippen LogP) is -7.13. The number of rotatable bonds is 20. The number of phosphoric ester groups is 1. The molecule has 0 aromatic carbocycles. The van der Waals surface area contributed by atoms with E-state index in [9.17, 15) is 76.9 Å². The summed E-state index contributed by atoms with van der Waals surface area (Å²) in [6.07, 6.45) is -10.7. The summed E-state index contributed by atoms with van der Waals surface area (Å²) in [6, 6.07) is -1.90. The zero-order valence-electron chi connectivity index (χ0n) is 35.2. The molecular weight excluding hydrogens is 961 g/mol. The summed E-state index contributed by atoms with van der Waals surface area (Å²) in [4.78, 5) is 143. The number of aliphatic hydroxyl groups is 1. The first-order valence-corrected chi connectivity index (χ1v) is 23.5. The van der Waals surface area contributed by atoms with Crippen LogP contribution in [0.5, 0.6) is 0 Å². The summed E-state index contributed by atoms with van der Waals surface area (Å²) in [5.74, 6) is -6.01. The molecule has 2 aliphatic heterocycles. The summed E-state index contributed by atoms with van der Waals surface area (Å²) in [5.41, 5.74) is -5.45. The van der Waals surface area contributed by atoms with Crippen molar-refractivity contribution in [2.75, 3.05) is 27.4 Å². The van der Waals surface area contributed by atoms with E-state index in [0.717, 1.165) is 47.9 Å². The highest BCUT2D eigenvalue weighted by Gasteiger charge is 2.53. The van der Waals surface area contributed by atoms with Crippen molar-refractivity contribution in [3.8, 4) is 0 Å². The number of aromatic nitrogens is 4. The molecule has 7 N–H and O–H groups in total. The fourth-order valence-corrected chi connectivity index (χ4v) is 7.71. The van der Waals surface area contributed by atoms with Crippen molar-refractivity contribution in [2.24, 2.45) is 0 Å². The largest absolute Gasteiger partial charge is 0.778 e. The van der Waals surface area contributed by atoms with Crippen LogP contribution in [0.2, 0.25) is 0 Å². The van der Waals surface area contributed by atoms with Gasteiger partial charge in [0.1, 0.15) is 39.6 Å². The monoisotopic (exact) mass is 1010 g/mol. The lowest BCUT2D eigenvalue weighted by Gasteiger charge is -2.33. The van der Waals surface area contributed by atoms with Crippen LogP contribution in [0.4, 0.5) is 0 Å². The average molecular weight is 1010 g/mol. The molecule has 31 nitrogen and oxygen atoms in total. The van der Waals surface area contributed by atoms with E-state index in [-0.39, 0.29) is 0 Å². The highest BCUT2D eigenvalue weighted by Crippen LogP contribution is 2.49. The zero-order chi connectivity index (χ0) is 50.2. The van der Waals surface area contributed by atoms with Crippen LogP contribution in [0.25, 0.3) is 0 Å². The Kier molecular flexibility index (Phi) is 19.4. The molecule has 0 bridgehead atoms. The summed E-state index contributed by atoms with van der Waals surface area (Å²) in [7, 11) is -12.3. The SMILES string of the molecule is CO[C@H]1C(OP(=O)([O-])C(C)C)[C@@H](C(=O)N[C@H](CO)C(=O)[O-])O[C@H]1n1ccc(=O)[nH]c1=O.CO[C@H]1C(OP(=O)([O-])C(C)C)[C@@H](C(=O)N[C@H](COP(=O)([O-])O)C(=O)O)O[C@H]1n1ccc(=O)[nH]c1=O. The first-order chi connectivity index (χ1) is 30.5. The summed E-state index contributed by atoms with van der Waals surface area (Å²) < 4.78 is 73.1. The highest BCUT2D eigenvalue weighted by atomic mass is 31.2. The molecule has 0 aliphatic carbocycles. The van der Waals surface area contributed by atoms with E-state index in [1.165, 1.54) is 27.7 Å². The number of ether oxygens (including phenoxy) is 4. The van der Waals surface area contributed by atoms with E-state index in [1.807, 2.05) is 20.6 Å². The number of nitrogens with zero attached hydrogens (tertiary/aromatic N) is 2. The minimum Gasteiger partial charge on any atom is -0.778 e. The van der Waals surface area contributed by atoms with E-state index in [4.69, 9.17) is 38.0 Å². The van der Waals surface area contributed by atoms with Crippen molar-refractivity contribution in [2.45, 2.75) is 100 Å². The maximum atomic E-state index is 12.9. The average Bonchev–Trinajstić information content (AvgIpc) is 3.74. The summed E-state index contributed by atoms with van der Waals surface area (Å²) in [5, 5.41) is 33.2. The van der Waals surface area contributed by atoms with Crippen molar-refractivity contribution in [3.63, 3.8) is 0 Å². The van der Waals surface area contributed by atoms with Crippen molar-refractivity contribution in [1.82, 2.24) is 29.7 Å². The summed E-state index contributed by atoms with van der Waals surface area (Å²) >= 11 is 0. The standard InChI is InChI=1S/C16H25N3O14P2.C16H24N3O11P/c1-7(2)34(25,26)33-10-11(13(21)17-8(15(22)23)6-31-35(27,28)29)32-14(12(10)30-3)19-5-4-9(20)18-16(19)24;1-7(2)31(26,27)30-10-11(13(22)17-8(6-20)15(23)24)29-14(12(10)28-3)19-5-4-9(21)18-16(19)25/h4-5,7-8,10-12,14H,6H2,1-3H3,(H,17,21)(H,22,23)(H,25,26)(H,18,20,24)(H2,27,28,29);4-5,7-8,10-12,14,20H,6H2,1-3H3,(H,17,22)(H,23,24)(H,26,27)(H,18,21,25)/p-4/t2*8-,10?,11+,12+,14-/m11/s1. The third-order valence-electron chi connectivity index (χ3n) is 9.30. The van der Waals surface area contributed by atoms with Gasteiger partial charge in [0.05, 0.1) is 25.2 Å². The van der Waals surface area contributed by atoms with Crippen LogP contribution in [0.1, 0.15) is 40.2 Å². The Hall–Kier alpha value is -4.55. The fraction of sp³-hybridized carbons (Fsp3) is 0.625. The molecule has 2 aromatic rings. The molecule has 5 unspecified atom stereocenters. The zero-order valence-corrected chi connectivity index (χ0v) is 37.9. The molecule has 2 aliphatic rings. The van der Waals surface area contributed by atoms with Crippen molar-refractivity contribution < 1.29 is 100 Å². The number of nitrogens with one attached hydrogen (secondary N) is 4. The lowest BCUT2D eigenvalue weighted by Crippen LogP contribution is -2.54. The minimum absolute atomic E-state index is 0.709. The maximum absolute atomic E-state index is 12.9. The summed E-state index contributed by atoms with van der Waals surface area (Å²) in [6.45, 7) is 3.04. The number of methoxy groups -OCH3 is 2. The number of carbonyl (C=O) groups excluding carboxylic acids is 3. The quantitative estimate of drug-likeness (QED) is 0.0606. The Morgan fingerprint density at radius 2 is 1.12 bits per heavy atom. The fourth-order valence-electron chi connectivity index (χ4n) is 5.75. The minimum atomic E-state index is -5.34. The van der Waals surface area contributed by atoms with Gasteiger partial charge in [-0.1, -0.05) is 27.7 Å². The number of hydrogen-bond acceptors (Lipinski definition) is 23. The lowest BCUT2D eigenvalue weighted by atomic mass is 10.1. The molecule has 4 rings (SSSR count). The van der Waals surface area contributed by atoms with Gasteiger partial charge in [0.15, 0.2) is 30.7 Å². The smallest absolute Gasteiger partial charge is 0.330 e. The molecule has 372 valence electrons. The molecule has 0 radical (unpaired) electrons. The molecule has 2 aromatic heterocycles. The van der Waals surface area contributed by atoms with E-state index in [2.05, 4.69) is 4.52 Å². The number of aliphatic hydroxyl groups excluding tert-OH is 1. The van der Waals surface area contributed by atoms with Crippen molar-refractivity contribution in [1.29, 1.82) is 0 Å². The van der Waals surface area contributed by atoms with Gasteiger partial charge in [-0.05, 0) is 0 Å². The molecule has 34 heteroatoms. The lowest BCUT2D eigenvalue weighted by molar-refractivity contribution is -0.309. The Morgan fingerprint density at radius 3 is 1.41 bits per heavy atom. The van der Waals surface area contributed by atoms with Crippen molar-refractivity contribution >= 4 is 46.8 Å². The Balaban J connectivity index is 0.000000353. The molecule has 13 atom stereocenters. The van der Waals surface area contributed by atoms with Gasteiger partial charge < -0.3 is 92.0 Å². The number of carboxylic acid groups (broad SMARTS) is 2. The Labute approximate surface area is 370 Å². The number of hydrogen-bond donors (Lipinski definition) is 7. The van der Waals surface area contributed by atoms with Gasteiger partial charge in [0.25, 0.3) is 30.8 Å². The van der Waals surface area contributed by atoms with Gasteiger partial charge in [-0.3, -0.25) is 42.8 Å². The number of amides is 2. The van der Waals surface area contributed by atoms with Crippen molar-refractivity contribution in [3.05, 3.63) is 66.2 Å². The molecule has 4 heterocycles. The van der Waals surface area contributed by atoms with E-state index < -0.39 is 155 Å². The van der Waals surface area contributed by atoms with Gasteiger partial charge >= 0.3 is 17.3 Å². The molecule has 2 fully saturated rings. The van der Waals surface area contributed by atoms with E-state index in [0.29, 0.717) is 0 Å². The van der Waals surface area contributed by atoms with Gasteiger partial charge in [-0.25, -0.2) is 14.4 Å². The number of carbonyl (C=O) groups is 4. The normalized spacial score (nSPS) is 26.5. The number of phosphoric acid groups is 1. The molecule has 2 amide bonds. The van der Waals surface area contributed by atoms with Crippen LogP contribution < -0.4 is 52.9 Å². The number of H-pyrrole nitrogens is 2. The first kappa shape index (κ1) is 55.8. The van der Waals surface area contributed by atoms with E-state index >= 15 is 0 Å². The second kappa shape index (κ2) is 23.0. The molecule has 66 heavy (non-hydrogen) atoms. The molecule has 2 saturated heterocycles. The topological polar surface area (TPSA) is 471 Å². The number of carboxylic acids is 2. The second-order valence-electron chi connectivity index (χ2n) is 14.5. The van der Waals surface area contributed by atoms with Gasteiger partial charge in [-0.15, -0.1) is 0 Å². The maximum Gasteiger partial charge on any atom is 0.330 e. The molecule has 0 saturated carbocycles. The van der Waals surface area contributed by atoms with Crippen LogP contribution in [0, 0.1) is 0 Å². The van der Waals surface area contributed by atoms with Gasteiger partial charge in [0.2, 0.25) is 0 Å². The van der Waals surface area contributed by atoms with Crippen LogP contribution >= 0.6 is 23.0 Å². The third-order valence-corrected chi connectivity index (χ3v) is 13.4. The van der Waals surface area contributed by atoms with Crippen LogP contribution in [-0.4, -0.2) is 145 Å². The van der Waals surface area contributed by atoms with Crippen LogP contribution in [0.3, 0.4) is 0 Å². The molecule has 0 spiro atoms. The highest BCUT2D eigenvalue weighted by molar-refractivity contribution is 7.52. The third kappa shape index (κ3) is 14.2.